The Kier molecular flexibility index (Phi) is 3.94. The Balaban J connectivity index is 2.19. The summed E-state index contributed by atoms with van der Waals surface area (Å²) in [4.78, 5) is 0. The van der Waals surface area contributed by atoms with E-state index in [1.165, 1.54) is 22.3 Å². The number of hydrogen-bond acceptors (Lipinski definition) is 2. The van der Waals surface area contributed by atoms with E-state index in [1.807, 2.05) is 0 Å². The van der Waals surface area contributed by atoms with Crippen LogP contribution in [0, 0.1) is 20.8 Å². The van der Waals surface area contributed by atoms with Gasteiger partial charge in [0, 0.05) is 11.3 Å². The van der Waals surface area contributed by atoms with E-state index >= 15 is 0 Å². The normalized spacial score (nSPS) is 18.8. The number of rotatable bonds is 1. The third-order valence-electron chi connectivity index (χ3n) is 5.82. The molecule has 25 heavy (non-hydrogen) atoms. The van der Waals surface area contributed by atoms with Gasteiger partial charge in [0.05, 0.1) is 5.92 Å². The summed E-state index contributed by atoms with van der Waals surface area (Å²) in [5.41, 5.74) is 14.5. The van der Waals surface area contributed by atoms with Gasteiger partial charge in [-0.2, -0.15) is 0 Å². The van der Waals surface area contributed by atoms with E-state index < -0.39 is 0 Å². The first kappa shape index (κ1) is 17.8. The van der Waals surface area contributed by atoms with E-state index in [0.717, 1.165) is 22.6 Å². The van der Waals surface area contributed by atoms with Crippen molar-refractivity contribution in [1.29, 1.82) is 0 Å². The molecule has 2 aromatic rings. The van der Waals surface area contributed by atoms with Crippen LogP contribution in [0.15, 0.2) is 24.3 Å². The van der Waals surface area contributed by atoms with Crippen LogP contribution in [0.3, 0.4) is 0 Å². The van der Waals surface area contributed by atoms with Crippen LogP contribution < -0.4 is 10.5 Å². The lowest BCUT2D eigenvalue weighted by molar-refractivity contribution is 0.121. The standard InChI is InChI=1S/C23H31NO/c1-13-14(2)21-18(15(3)20(13)24)19(23(7,8)25-21)16-9-11-17(12-10-16)22(4,5)6/h9-12,19H,24H2,1-8H3. The Bertz CT molecular complexity index is 823. The lowest BCUT2D eigenvalue weighted by atomic mass is 9.77. The predicted molar refractivity (Wildman–Crippen MR) is 107 cm³/mol. The monoisotopic (exact) mass is 337 g/mol. The van der Waals surface area contributed by atoms with Crippen LogP contribution in [0.2, 0.25) is 0 Å². The third-order valence-corrected chi connectivity index (χ3v) is 5.82. The summed E-state index contributed by atoms with van der Waals surface area (Å²) < 4.78 is 6.45. The van der Waals surface area contributed by atoms with Crippen LogP contribution in [-0.4, -0.2) is 5.60 Å². The van der Waals surface area contributed by atoms with Gasteiger partial charge in [-0.05, 0) is 67.9 Å². The number of fused-ring (bicyclic) bond motifs is 1. The molecule has 0 aromatic heterocycles. The quantitative estimate of drug-likeness (QED) is 0.668. The molecule has 1 atom stereocenters. The van der Waals surface area contributed by atoms with E-state index in [2.05, 4.69) is 79.7 Å². The van der Waals surface area contributed by atoms with Crippen molar-refractivity contribution in [2.75, 3.05) is 5.73 Å². The predicted octanol–water partition coefficient (Wildman–Crippen LogP) is 5.79. The molecule has 0 bridgehead atoms. The number of ether oxygens (including phenoxy) is 1. The lowest BCUT2D eigenvalue weighted by Gasteiger charge is -2.28. The maximum Gasteiger partial charge on any atom is 0.127 e. The number of nitrogen functional groups attached to an aromatic ring is 1. The Labute approximate surface area is 152 Å². The minimum absolute atomic E-state index is 0.159. The molecule has 0 radical (unpaired) electrons. The van der Waals surface area contributed by atoms with E-state index in [4.69, 9.17) is 10.5 Å². The average Bonchev–Trinajstić information content (AvgIpc) is 2.81. The van der Waals surface area contributed by atoms with Crippen molar-refractivity contribution < 1.29 is 4.74 Å². The minimum atomic E-state index is -0.290. The lowest BCUT2D eigenvalue weighted by Crippen LogP contribution is -2.31. The fourth-order valence-electron chi connectivity index (χ4n) is 4.06. The Morgan fingerprint density at radius 2 is 1.48 bits per heavy atom. The zero-order valence-corrected chi connectivity index (χ0v) is 16.9. The second-order valence-electron chi connectivity index (χ2n) is 9.04. The molecular weight excluding hydrogens is 306 g/mol. The molecule has 2 aromatic carbocycles. The summed E-state index contributed by atoms with van der Waals surface area (Å²) in [5, 5.41) is 0. The van der Waals surface area contributed by atoms with Crippen LogP contribution >= 0.6 is 0 Å². The Morgan fingerprint density at radius 1 is 0.920 bits per heavy atom. The second kappa shape index (κ2) is 5.52. The van der Waals surface area contributed by atoms with Crippen molar-refractivity contribution in [3.8, 4) is 5.75 Å². The molecular formula is C23H31NO. The molecule has 2 nitrogen and oxygen atoms in total. The van der Waals surface area contributed by atoms with E-state index in [-0.39, 0.29) is 16.9 Å². The second-order valence-corrected chi connectivity index (χ2v) is 9.04. The van der Waals surface area contributed by atoms with Gasteiger partial charge < -0.3 is 10.5 Å². The zero-order valence-electron chi connectivity index (χ0n) is 16.9. The van der Waals surface area contributed by atoms with Gasteiger partial charge in [0.1, 0.15) is 11.4 Å². The van der Waals surface area contributed by atoms with Gasteiger partial charge in [-0.1, -0.05) is 45.0 Å². The summed E-state index contributed by atoms with van der Waals surface area (Å²) in [5.74, 6) is 1.22. The first-order chi connectivity index (χ1) is 11.4. The topological polar surface area (TPSA) is 35.2 Å². The van der Waals surface area contributed by atoms with Crippen molar-refractivity contribution >= 4 is 5.69 Å². The number of hydrogen-bond donors (Lipinski definition) is 1. The van der Waals surface area contributed by atoms with E-state index in [9.17, 15) is 0 Å². The average molecular weight is 338 g/mol. The molecule has 1 aliphatic heterocycles. The Hall–Kier alpha value is -1.96. The summed E-state index contributed by atoms with van der Waals surface area (Å²) in [6.45, 7) is 17.4. The van der Waals surface area contributed by atoms with Gasteiger partial charge in [-0.25, -0.2) is 0 Å². The number of anilines is 1. The van der Waals surface area contributed by atoms with Gasteiger partial charge in [-0.15, -0.1) is 0 Å². The molecule has 0 saturated heterocycles. The SMILES string of the molecule is Cc1c(C)c2c(c(C)c1N)C(c1ccc(C(C)(C)C)cc1)C(C)(C)O2. The highest BCUT2D eigenvalue weighted by Crippen LogP contribution is 2.53. The first-order valence-corrected chi connectivity index (χ1v) is 9.13. The van der Waals surface area contributed by atoms with Gasteiger partial charge in [0.2, 0.25) is 0 Å². The van der Waals surface area contributed by atoms with Gasteiger partial charge in [0.25, 0.3) is 0 Å². The number of nitrogens with two attached hydrogens (primary N) is 1. The summed E-state index contributed by atoms with van der Waals surface area (Å²) >= 11 is 0. The molecule has 1 unspecified atom stereocenters. The van der Waals surface area contributed by atoms with Crippen LogP contribution in [0.1, 0.15) is 73.9 Å². The highest BCUT2D eigenvalue weighted by molar-refractivity contribution is 5.69. The van der Waals surface area contributed by atoms with Crippen molar-refractivity contribution in [3.05, 3.63) is 57.6 Å². The van der Waals surface area contributed by atoms with E-state index in [0.29, 0.717) is 0 Å². The fourth-order valence-corrected chi connectivity index (χ4v) is 4.06. The molecule has 0 amide bonds. The molecule has 0 fully saturated rings. The number of benzene rings is 2. The molecule has 0 spiro atoms. The van der Waals surface area contributed by atoms with Crippen LogP contribution in [-0.2, 0) is 5.41 Å². The molecule has 1 aliphatic rings. The maximum absolute atomic E-state index is 6.45. The van der Waals surface area contributed by atoms with Crippen LogP contribution in [0.25, 0.3) is 0 Å². The van der Waals surface area contributed by atoms with Gasteiger partial charge in [-0.3, -0.25) is 0 Å². The van der Waals surface area contributed by atoms with E-state index in [1.54, 1.807) is 0 Å². The third kappa shape index (κ3) is 2.72. The van der Waals surface area contributed by atoms with Crippen molar-refractivity contribution in [2.45, 2.75) is 72.3 Å². The molecule has 0 aliphatic carbocycles. The van der Waals surface area contributed by atoms with Crippen molar-refractivity contribution in [2.24, 2.45) is 0 Å². The largest absolute Gasteiger partial charge is 0.486 e. The molecule has 0 saturated carbocycles. The summed E-state index contributed by atoms with van der Waals surface area (Å²) in [6, 6.07) is 9.03. The van der Waals surface area contributed by atoms with Gasteiger partial charge in [0.15, 0.2) is 0 Å². The van der Waals surface area contributed by atoms with Crippen LogP contribution in [0.4, 0.5) is 5.69 Å². The molecule has 3 rings (SSSR count). The minimum Gasteiger partial charge on any atom is -0.486 e. The maximum atomic E-state index is 6.45. The van der Waals surface area contributed by atoms with Gasteiger partial charge >= 0.3 is 0 Å². The van der Waals surface area contributed by atoms with Crippen molar-refractivity contribution in [3.63, 3.8) is 0 Å². The smallest absolute Gasteiger partial charge is 0.127 e. The van der Waals surface area contributed by atoms with Crippen molar-refractivity contribution in [1.82, 2.24) is 0 Å². The molecule has 134 valence electrons. The summed E-state index contributed by atoms with van der Waals surface area (Å²) in [7, 11) is 0. The fraction of sp³-hybridized carbons (Fsp3) is 0.478. The Morgan fingerprint density at radius 3 is 2.00 bits per heavy atom. The van der Waals surface area contributed by atoms with Crippen LogP contribution in [0.5, 0.6) is 5.75 Å². The summed E-state index contributed by atoms with van der Waals surface area (Å²) in [6.07, 6.45) is 0. The molecule has 1 heterocycles. The highest BCUT2D eigenvalue weighted by atomic mass is 16.5. The molecule has 2 N–H and O–H groups in total. The zero-order chi connectivity index (χ0) is 18.7. The first-order valence-electron chi connectivity index (χ1n) is 9.13. The molecule has 2 heteroatoms. The highest BCUT2D eigenvalue weighted by Gasteiger charge is 2.44.